The van der Waals surface area contributed by atoms with Crippen LogP contribution in [-0.2, 0) is 4.74 Å². The molecule has 0 spiro atoms. The Bertz CT molecular complexity index is 193. The molecule has 1 aliphatic carbocycles. The Labute approximate surface area is 100 Å². The molecule has 0 heterocycles. The van der Waals surface area contributed by atoms with Crippen LogP contribution in [-0.4, -0.2) is 23.9 Å². The van der Waals surface area contributed by atoms with Crippen LogP contribution >= 0.6 is 0 Å². The quantitative estimate of drug-likeness (QED) is 0.755. The van der Waals surface area contributed by atoms with Gasteiger partial charge in [-0.2, -0.15) is 0 Å². The first-order valence-electron chi connectivity index (χ1n) is 6.76. The van der Waals surface area contributed by atoms with Crippen molar-refractivity contribution in [3.8, 4) is 0 Å². The average Bonchev–Trinajstić information content (AvgIpc) is 2.62. The number of aliphatic hydroxyl groups is 1. The summed E-state index contributed by atoms with van der Waals surface area (Å²) in [5.74, 6) is 0.659. The van der Waals surface area contributed by atoms with Crippen LogP contribution in [0.5, 0.6) is 0 Å². The lowest BCUT2D eigenvalue weighted by Crippen LogP contribution is -2.38. The second-order valence-corrected chi connectivity index (χ2v) is 6.07. The minimum Gasteiger partial charge on any atom is -0.390 e. The van der Waals surface area contributed by atoms with Gasteiger partial charge in [0.15, 0.2) is 0 Å². The van der Waals surface area contributed by atoms with Crippen LogP contribution < -0.4 is 0 Å². The first-order chi connectivity index (χ1) is 7.46. The summed E-state index contributed by atoms with van der Waals surface area (Å²) < 4.78 is 5.57. The van der Waals surface area contributed by atoms with Gasteiger partial charge in [-0.3, -0.25) is 0 Å². The number of hydrogen-bond acceptors (Lipinski definition) is 2. The van der Waals surface area contributed by atoms with Crippen LogP contribution in [0.15, 0.2) is 0 Å². The minimum atomic E-state index is -0.278. The van der Waals surface area contributed by atoms with E-state index in [0.717, 1.165) is 6.42 Å². The van der Waals surface area contributed by atoms with Gasteiger partial charge in [-0.05, 0) is 44.4 Å². The van der Waals surface area contributed by atoms with Crippen LogP contribution in [0.2, 0.25) is 0 Å². The van der Waals surface area contributed by atoms with Crippen molar-refractivity contribution in [2.24, 2.45) is 11.3 Å². The molecule has 0 radical (unpaired) electrons. The van der Waals surface area contributed by atoms with E-state index in [1.807, 2.05) is 13.8 Å². The van der Waals surface area contributed by atoms with Gasteiger partial charge in [0.1, 0.15) is 0 Å². The van der Waals surface area contributed by atoms with Gasteiger partial charge in [-0.1, -0.05) is 26.7 Å². The largest absolute Gasteiger partial charge is 0.390 e. The van der Waals surface area contributed by atoms with E-state index in [-0.39, 0.29) is 17.6 Å². The molecule has 96 valence electrons. The van der Waals surface area contributed by atoms with Crippen molar-refractivity contribution >= 4 is 0 Å². The lowest BCUT2D eigenvalue weighted by Gasteiger charge is -2.36. The zero-order valence-corrected chi connectivity index (χ0v) is 11.3. The topological polar surface area (TPSA) is 29.5 Å². The van der Waals surface area contributed by atoms with E-state index in [0.29, 0.717) is 12.5 Å². The summed E-state index contributed by atoms with van der Waals surface area (Å²) >= 11 is 0. The summed E-state index contributed by atoms with van der Waals surface area (Å²) in [4.78, 5) is 0. The predicted octanol–water partition coefficient (Wildman–Crippen LogP) is 3.38. The maximum Gasteiger partial charge on any atom is 0.0829 e. The second-order valence-electron chi connectivity index (χ2n) is 6.07. The molecule has 0 aromatic heterocycles. The highest BCUT2D eigenvalue weighted by molar-refractivity contribution is 4.91. The molecular formula is C14H28O2. The zero-order valence-electron chi connectivity index (χ0n) is 11.3. The van der Waals surface area contributed by atoms with Crippen LogP contribution in [0, 0.1) is 11.3 Å². The summed E-state index contributed by atoms with van der Waals surface area (Å²) in [5, 5.41) is 10.4. The summed E-state index contributed by atoms with van der Waals surface area (Å²) in [6, 6.07) is 0. The van der Waals surface area contributed by atoms with Crippen LogP contribution in [0.3, 0.4) is 0 Å². The van der Waals surface area contributed by atoms with E-state index in [1.165, 1.54) is 25.7 Å². The van der Waals surface area contributed by atoms with E-state index < -0.39 is 0 Å². The van der Waals surface area contributed by atoms with Gasteiger partial charge in [0, 0.05) is 0 Å². The van der Waals surface area contributed by atoms with Gasteiger partial charge >= 0.3 is 0 Å². The zero-order chi connectivity index (χ0) is 12.2. The van der Waals surface area contributed by atoms with Crippen molar-refractivity contribution in [1.29, 1.82) is 0 Å². The third kappa shape index (κ3) is 3.74. The van der Waals surface area contributed by atoms with Crippen LogP contribution in [0.25, 0.3) is 0 Å². The molecule has 2 heteroatoms. The normalized spacial score (nSPS) is 21.9. The van der Waals surface area contributed by atoms with Crippen LogP contribution in [0.1, 0.15) is 59.8 Å². The van der Waals surface area contributed by atoms with Gasteiger partial charge in [0.2, 0.25) is 0 Å². The van der Waals surface area contributed by atoms with E-state index in [4.69, 9.17) is 4.74 Å². The highest BCUT2D eigenvalue weighted by Gasteiger charge is 2.40. The standard InChI is InChI=1S/C14H28O2/c1-11(2)9-14(7-5-6-8-14)13(15)10-16-12(3)4/h11-13,15H,5-10H2,1-4H3. The van der Waals surface area contributed by atoms with Crippen molar-refractivity contribution in [1.82, 2.24) is 0 Å². The molecule has 1 N–H and O–H groups in total. The third-order valence-electron chi connectivity index (χ3n) is 3.71. The number of aliphatic hydroxyl groups excluding tert-OH is 1. The summed E-state index contributed by atoms with van der Waals surface area (Å²) in [5.41, 5.74) is 0.142. The lowest BCUT2D eigenvalue weighted by molar-refractivity contribution is -0.0636. The fourth-order valence-corrected chi connectivity index (χ4v) is 3.03. The molecule has 1 aliphatic rings. The molecule has 0 saturated heterocycles. The van der Waals surface area contributed by atoms with Crippen molar-refractivity contribution < 1.29 is 9.84 Å². The molecule has 2 nitrogen and oxygen atoms in total. The molecule has 0 aromatic carbocycles. The highest BCUT2D eigenvalue weighted by Crippen LogP contribution is 2.46. The Kier molecular flexibility index (Phi) is 5.26. The van der Waals surface area contributed by atoms with E-state index in [9.17, 15) is 5.11 Å². The second kappa shape index (κ2) is 6.02. The fourth-order valence-electron chi connectivity index (χ4n) is 3.03. The summed E-state index contributed by atoms with van der Waals surface area (Å²) in [6.07, 6.45) is 5.96. The van der Waals surface area contributed by atoms with E-state index >= 15 is 0 Å². The van der Waals surface area contributed by atoms with Crippen molar-refractivity contribution in [3.05, 3.63) is 0 Å². The average molecular weight is 228 g/mol. The molecular weight excluding hydrogens is 200 g/mol. The smallest absolute Gasteiger partial charge is 0.0829 e. The Morgan fingerprint density at radius 3 is 2.12 bits per heavy atom. The number of hydrogen-bond donors (Lipinski definition) is 1. The van der Waals surface area contributed by atoms with Gasteiger partial charge in [0.05, 0.1) is 18.8 Å². The summed E-state index contributed by atoms with van der Waals surface area (Å²) in [6.45, 7) is 9.05. The predicted molar refractivity (Wildman–Crippen MR) is 67.5 cm³/mol. The third-order valence-corrected chi connectivity index (χ3v) is 3.71. The Morgan fingerprint density at radius 2 is 1.69 bits per heavy atom. The minimum absolute atomic E-state index is 0.142. The van der Waals surface area contributed by atoms with Crippen LogP contribution in [0.4, 0.5) is 0 Å². The Balaban J connectivity index is 2.54. The number of ether oxygens (including phenoxy) is 1. The van der Waals surface area contributed by atoms with Gasteiger partial charge < -0.3 is 9.84 Å². The van der Waals surface area contributed by atoms with Crippen molar-refractivity contribution in [2.45, 2.75) is 72.0 Å². The molecule has 0 amide bonds. The van der Waals surface area contributed by atoms with E-state index in [2.05, 4.69) is 13.8 Å². The first kappa shape index (κ1) is 14.0. The molecule has 1 fully saturated rings. The Hall–Kier alpha value is -0.0800. The van der Waals surface area contributed by atoms with Crippen molar-refractivity contribution in [3.63, 3.8) is 0 Å². The molecule has 16 heavy (non-hydrogen) atoms. The Morgan fingerprint density at radius 1 is 1.12 bits per heavy atom. The van der Waals surface area contributed by atoms with Crippen molar-refractivity contribution in [2.75, 3.05) is 6.61 Å². The fraction of sp³-hybridized carbons (Fsp3) is 1.00. The van der Waals surface area contributed by atoms with Gasteiger partial charge in [-0.25, -0.2) is 0 Å². The lowest BCUT2D eigenvalue weighted by atomic mass is 9.74. The molecule has 0 aromatic rings. The molecule has 0 bridgehead atoms. The maximum atomic E-state index is 10.4. The van der Waals surface area contributed by atoms with Gasteiger partial charge in [0.25, 0.3) is 0 Å². The molecule has 1 atom stereocenters. The molecule has 1 unspecified atom stereocenters. The van der Waals surface area contributed by atoms with E-state index in [1.54, 1.807) is 0 Å². The monoisotopic (exact) mass is 228 g/mol. The summed E-state index contributed by atoms with van der Waals surface area (Å²) in [7, 11) is 0. The first-order valence-corrected chi connectivity index (χ1v) is 6.76. The SMILES string of the molecule is CC(C)CC1(C(O)COC(C)C)CCCC1. The maximum absolute atomic E-state index is 10.4. The molecule has 1 rings (SSSR count). The molecule has 0 aliphatic heterocycles. The number of rotatable bonds is 6. The highest BCUT2D eigenvalue weighted by atomic mass is 16.5. The van der Waals surface area contributed by atoms with Gasteiger partial charge in [-0.15, -0.1) is 0 Å². The molecule has 1 saturated carbocycles.